The summed E-state index contributed by atoms with van der Waals surface area (Å²) in [7, 11) is -3.59. The Kier molecular flexibility index (Phi) is 4.92. The molecule has 1 heterocycles. The molecule has 1 saturated heterocycles. The highest BCUT2D eigenvalue weighted by molar-refractivity contribution is 7.89. The molecule has 0 spiro atoms. The van der Waals surface area contributed by atoms with Crippen molar-refractivity contribution in [2.45, 2.75) is 11.8 Å². The minimum atomic E-state index is -3.59. The standard InChI is InChI=1S/C17H18FN3O4S/c1-13-3-2-4-15(11-13)26(24,25)20-9-7-19(8-10-20)17-6-5-14(21(22)23)12-16(17)18/h2-6,11-12H,7-10H2,1H3. The largest absolute Gasteiger partial charge is 0.367 e. The topological polar surface area (TPSA) is 83.8 Å². The molecule has 0 bridgehead atoms. The highest BCUT2D eigenvalue weighted by Crippen LogP contribution is 2.26. The van der Waals surface area contributed by atoms with Crippen LogP contribution in [-0.2, 0) is 10.0 Å². The summed E-state index contributed by atoms with van der Waals surface area (Å²) in [6.45, 7) is 2.87. The first-order chi connectivity index (χ1) is 12.3. The molecular weight excluding hydrogens is 361 g/mol. The van der Waals surface area contributed by atoms with Gasteiger partial charge in [0.2, 0.25) is 10.0 Å². The molecule has 138 valence electrons. The van der Waals surface area contributed by atoms with Crippen molar-refractivity contribution in [3.63, 3.8) is 0 Å². The van der Waals surface area contributed by atoms with Gasteiger partial charge in [-0.2, -0.15) is 4.31 Å². The van der Waals surface area contributed by atoms with Crippen LogP contribution in [0.5, 0.6) is 0 Å². The van der Waals surface area contributed by atoms with Crippen LogP contribution in [0.1, 0.15) is 5.56 Å². The summed E-state index contributed by atoms with van der Waals surface area (Å²) in [6, 6.07) is 10.2. The van der Waals surface area contributed by atoms with Crippen LogP contribution in [0.25, 0.3) is 0 Å². The van der Waals surface area contributed by atoms with Gasteiger partial charge in [0.25, 0.3) is 5.69 Å². The number of hydrogen-bond donors (Lipinski definition) is 0. The monoisotopic (exact) mass is 379 g/mol. The molecule has 0 amide bonds. The van der Waals surface area contributed by atoms with E-state index in [1.807, 2.05) is 13.0 Å². The maximum Gasteiger partial charge on any atom is 0.272 e. The number of sulfonamides is 1. The van der Waals surface area contributed by atoms with Gasteiger partial charge in [-0.05, 0) is 30.7 Å². The molecule has 2 aromatic carbocycles. The lowest BCUT2D eigenvalue weighted by Gasteiger charge is -2.35. The molecule has 26 heavy (non-hydrogen) atoms. The number of rotatable bonds is 4. The molecular formula is C17H18FN3O4S. The Morgan fingerprint density at radius 3 is 2.35 bits per heavy atom. The summed E-state index contributed by atoms with van der Waals surface area (Å²) in [5.74, 6) is -0.686. The molecule has 1 aliphatic heterocycles. The second-order valence-corrected chi connectivity index (χ2v) is 8.04. The number of non-ortho nitro benzene ring substituents is 1. The minimum Gasteiger partial charge on any atom is -0.367 e. The van der Waals surface area contributed by atoms with Gasteiger partial charge in [-0.15, -0.1) is 0 Å². The molecule has 0 radical (unpaired) electrons. The van der Waals surface area contributed by atoms with E-state index < -0.39 is 20.8 Å². The van der Waals surface area contributed by atoms with Gasteiger partial charge >= 0.3 is 0 Å². The Balaban J connectivity index is 1.74. The van der Waals surface area contributed by atoms with Gasteiger partial charge in [0.05, 0.1) is 21.6 Å². The number of benzene rings is 2. The molecule has 2 aromatic rings. The Bertz CT molecular complexity index is 941. The van der Waals surface area contributed by atoms with Crippen molar-refractivity contribution in [2.24, 2.45) is 0 Å². The lowest BCUT2D eigenvalue weighted by Crippen LogP contribution is -2.48. The third-order valence-electron chi connectivity index (χ3n) is 4.35. The molecule has 3 rings (SSSR count). The summed E-state index contributed by atoms with van der Waals surface area (Å²) in [5.41, 5.74) is 0.785. The van der Waals surface area contributed by atoms with E-state index in [0.717, 1.165) is 11.6 Å². The van der Waals surface area contributed by atoms with Crippen molar-refractivity contribution < 1.29 is 17.7 Å². The fourth-order valence-electron chi connectivity index (χ4n) is 2.96. The van der Waals surface area contributed by atoms with E-state index in [2.05, 4.69) is 0 Å². The van der Waals surface area contributed by atoms with Crippen molar-refractivity contribution in [1.29, 1.82) is 0 Å². The van der Waals surface area contributed by atoms with Crippen LogP contribution in [0, 0.1) is 22.9 Å². The van der Waals surface area contributed by atoms with Crippen LogP contribution in [-0.4, -0.2) is 43.8 Å². The lowest BCUT2D eigenvalue weighted by atomic mass is 10.2. The van der Waals surface area contributed by atoms with Crippen LogP contribution in [0.4, 0.5) is 15.8 Å². The number of nitro benzene ring substituents is 1. The van der Waals surface area contributed by atoms with E-state index in [9.17, 15) is 22.9 Å². The molecule has 7 nitrogen and oxygen atoms in total. The van der Waals surface area contributed by atoms with Crippen LogP contribution in [0.3, 0.4) is 0 Å². The molecule has 1 aliphatic rings. The second-order valence-electron chi connectivity index (χ2n) is 6.10. The van der Waals surface area contributed by atoms with E-state index in [1.165, 1.54) is 16.4 Å². The number of nitrogens with zero attached hydrogens (tertiary/aromatic N) is 3. The molecule has 0 unspecified atom stereocenters. The van der Waals surface area contributed by atoms with Crippen LogP contribution >= 0.6 is 0 Å². The zero-order valence-electron chi connectivity index (χ0n) is 14.1. The second kappa shape index (κ2) is 7.00. The maximum atomic E-state index is 14.2. The van der Waals surface area contributed by atoms with E-state index in [-0.39, 0.29) is 29.4 Å². The van der Waals surface area contributed by atoms with Crippen LogP contribution in [0.15, 0.2) is 47.4 Å². The predicted octanol–water partition coefficient (Wildman–Crippen LogP) is 2.55. The smallest absolute Gasteiger partial charge is 0.272 e. The minimum absolute atomic E-state index is 0.215. The van der Waals surface area contributed by atoms with E-state index in [0.29, 0.717) is 13.1 Å². The molecule has 0 aromatic heterocycles. The fourth-order valence-corrected chi connectivity index (χ4v) is 4.49. The zero-order valence-corrected chi connectivity index (χ0v) is 14.9. The Hall–Kier alpha value is -2.52. The highest BCUT2D eigenvalue weighted by Gasteiger charge is 2.29. The quantitative estimate of drug-likeness (QED) is 0.602. The molecule has 0 saturated carbocycles. The summed E-state index contributed by atoms with van der Waals surface area (Å²) < 4.78 is 41.0. The van der Waals surface area contributed by atoms with Gasteiger partial charge in [-0.25, -0.2) is 12.8 Å². The first kappa shape index (κ1) is 18.3. The summed E-state index contributed by atoms with van der Waals surface area (Å²) in [5, 5.41) is 10.7. The first-order valence-corrected chi connectivity index (χ1v) is 9.49. The summed E-state index contributed by atoms with van der Waals surface area (Å²) >= 11 is 0. The molecule has 9 heteroatoms. The number of piperazine rings is 1. The molecule has 0 N–H and O–H groups in total. The Morgan fingerprint density at radius 2 is 1.77 bits per heavy atom. The van der Waals surface area contributed by atoms with Crippen molar-refractivity contribution in [2.75, 3.05) is 31.1 Å². The summed E-state index contributed by atoms with van der Waals surface area (Å²) in [4.78, 5) is 12.0. The van der Waals surface area contributed by atoms with Crippen molar-refractivity contribution in [3.8, 4) is 0 Å². The molecule has 0 atom stereocenters. The normalized spacial score (nSPS) is 15.8. The SMILES string of the molecule is Cc1cccc(S(=O)(=O)N2CCN(c3ccc([N+](=O)[O-])cc3F)CC2)c1. The predicted molar refractivity (Wildman–Crippen MR) is 95.2 cm³/mol. The van der Waals surface area contributed by atoms with Gasteiger partial charge in [0, 0.05) is 32.2 Å². The van der Waals surface area contributed by atoms with Gasteiger partial charge < -0.3 is 4.90 Å². The third-order valence-corrected chi connectivity index (χ3v) is 6.24. The number of halogens is 1. The van der Waals surface area contributed by atoms with E-state index in [4.69, 9.17) is 0 Å². The van der Waals surface area contributed by atoms with Gasteiger partial charge in [0.1, 0.15) is 0 Å². The fraction of sp³-hybridized carbons (Fsp3) is 0.294. The Labute approximate surface area is 150 Å². The van der Waals surface area contributed by atoms with Gasteiger partial charge in [-0.3, -0.25) is 10.1 Å². The zero-order chi connectivity index (χ0) is 18.9. The van der Waals surface area contributed by atoms with Gasteiger partial charge in [-0.1, -0.05) is 12.1 Å². The van der Waals surface area contributed by atoms with E-state index >= 15 is 0 Å². The maximum absolute atomic E-state index is 14.2. The molecule has 0 aliphatic carbocycles. The average molecular weight is 379 g/mol. The lowest BCUT2D eigenvalue weighted by molar-refractivity contribution is -0.385. The number of anilines is 1. The summed E-state index contributed by atoms with van der Waals surface area (Å²) in [6.07, 6.45) is 0. The number of nitro groups is 1. The van der Waals surface area contributed by atoms with Crippen LogP contribution in [0.2, 0.25) is 0 Å². The average Bonchev–Trinajstić information content (AvgIpc) is 2.61. The van der Waals surface area contributed by atoms with E-state index in [1.54, 1.807) is 23.1 Å². The highest BCUT2D eigenvalue weighted by atomic mass is 32.2. The Morgan fingerprint density at radius 1 is 1.08 bits per heavy atom. The van der Waals surface area contributed by atoms with Gasteiger partial charge in [0.15, 0.2) is 5.82 Å². The van der Waals surface area contributed by atoms with Crippen molar-refractivity contribution >= 4 is 21.4 Å². The number of hydrogen-bond acceptors (Lipinski definition) is 5. The molecule has 1 fully saturated rings. The van der Waals surface area contributed by atoms with Crippen molar-refractivity contribution in [3.05, 3.63) is 64.0 Å². The third kappa shape index (κ3) is 3.54. The first-order valence-electron chi connectivity index (χ1n) is 8.05. The number of aryl methyl sites for hydroxylation is 1. The van der Waals surface area contributed by atoms with Crippen LogP contribution < -0.4 is 4.90 Å². The van der Waals surface area contributed by atoms with Crippen molar-refractivity contribution in [1.82, 2.24) is 4.31 Å².